The summed E-state index contributed by atoms with van der Waals surface area (Å²) in [4.78, 5) is -0.274. The van der Waals surface area contributed by atoms with E-state index in [1.165, 1.54) is 30.5 Å². The Bertz CT molecular complexity index is 396. The van der Waals surface area contributed by atoms with Crippen LogP contribution >= 0.6 is 0 Å². The molecule has 1 aromatic carbocycles. The molecule has 0 atom stereocenters. The van der Waals surface area contributed by atoms with Gasteiger partial charge in [0.1, 0.15) is 15.9 Å². The van der Waals surface area contributed by atoms with Crippen LogP contribution in [0, 0.1) is 0 Å². The molecule has 0 heterocycles. The Morgan fingerprint density at radius 3 is 2.14 bits per heavy atom. The van der Waals surface area contributed by atoms with Gasteiger partial charge in [-0.25, -0.2) is 8.42 Å². The maximum atomic E-state index is 10.5. The van der Waals surface area contributed by atoms with E-state index in [9.17, 15) is 13.0 Å². The van der Waals surface area contributed by atoms with Gasteiger partial charge in [0.2, 0.25) is 0 Å². The summed E-state index contributed by atoms with van der Waals surface area (Å²) in [5.74, 6) is 0.433. The van der Waals surface area contributed by atoms with Gasteiger partial charge in [0.25, 0.3) is 0 Å². The van der Waals surface area contributed by atoms with Crippen molar-refractivity contribution in [1.82, 2.24) is 0 Å². The van der Waals surface area contributed by atoms with Crippen molar-refractivity contribution in [2.75, 3.05) is 0 Å². The van der Waals surface area contributed by atoms with Gasteiger partial charge in [0, 0.05) is 0 Å². The molecule has 4 nitrogen and oxygen atoms in total. The average molecular weight is 222 g/mol. The molecule has 0 N–H and O–H groups in total. The van der Waals surface area contributed by atoms with Crippen molar-refractivity contribution in [3.05, 3.63) is 37.1 Å². The SMILES string of the molecule is C=COc1ccc(S(=O)(=O)[O-])cc1.[Na+]. The first-order chi connectivity index (χ1) is 6.04. The third kappa shape index (κ3) is 3.81. The molecule has 0 saturated heterocycles. The van der Waals surface area contributed by atoms with Crippen LogP contribution in [0.25, 0.3) is 0 Å². The minimum Gasteiger partial charge on any atom is -0.744 e. The van der Waals surface area contributed by atoms with E-state index in [0.29, 0.717) is 5.75 Å². The molecule has 1 aromatic rings. The number of benzene rings is 1. The Hall–Kier alpha value is -0.330. The number of hydrogen-bond acceptors (Lipinski definition) is 4. The van der Waals surface area contributed by atoms with E-state index >= 15 is 0 Å². The van der Waals surface area contributed by atoms with Gasteiger partial charge in [-0.3, -0.25) is 0 Å². The summed E-state index contributed by atoms with van der Waals surface area (Å²) in [7, 11) is -4.37. The van der Waals surface area contributed by atoms with Crippen molar-refractivity contribution < 1.29 is 47.3 Å². The van der Waals surface area contributed by atoms with Crippen LogP contribution in [0.4, 0.5) is 0 Å². The van der Waals surface area contributed by atoms with Crippen LogP contribution in [-0.2, 0) is 10.1 Å². The molecule has 70 valence electrons. The second kappa shape index (κ2) is 5.53. The molecule has 0 radical (unpaired) electrons. The molecule has 0 aliphatic heterocycles. The minimum atomic E-state index is -4.37. The Labute approximate surface area is 105 Å². The van der Waals surface area contributed by atoms with Gasteiger partial charge in [-0.15, -0.1) is 0 Å². The van der Waals surface area contributed by atoms with E-state index in [2.05, 4.69) is 6.58 Å². The first-order valence-electron chi connectivity index (χ1n) is 3.37. The third-order valence-electron chi connectivity index (χ3n) is 1.33. The van der Waals surface area contributed by atoms with E-state index in [1.807, 2.05) is 0 Å². The summed E-state index contributed by atoms with van der Waals surface area (Å²) in [5, 5.41) is 0. The number of rotatable bonds is 3. The van der Waals surface area contributed by atoms with Crippen molar-refractivity contribution in [2.45, 2.75) is 4.90 Å². The largest absolute Gasteiger partial charge is 1.00 e. The van der Waals surface area contributed by atoms with Crippen LogP contribution in [0.15, 0.2) is 42.0 Å². The van der Waals surface area contributed by atoms with Gasteiger partial charge in [-0.2, -0.15) is 0 Å². The van der Waals surface area contributed by atoms with Crippen LogP contribution in [0.1, 0.15) is 0 Å². The zero-order valence-electron chi connectivity index (χ0n) is 7.64. The van der Waals surface area contributed by atoms with Crippen LogP contribution in [0.5, 0.6) is 5.75 Å². The van der Waals surface area contributed by atoms with E-state index in [0.717, 1.165) is 0 Å². The predicted molar refractivity (Wildman–Crippen MR) is 45.2 cm³/mol. The smallest absolute Gasteiger partial charge is 0.744 e. The fourth-order valence-electron chi connectivity index (χ4n) is 0.781. The Morgan fingerprint density at radius 2 is 1.79 bits per heavy atom. The molecule has 0 aliphatic carbocycles. The summed E-state index contributed by atoms with van der Waals surface area (Å²) in [6.45, 7) is 3.32. The maximum Gasteiger partial charge on any atom is 1.00 e. The van der Waals surface area contributed by atoms with Gasteiger partial charge < -0.3 is 9.29 Å². The topological polar surface area (TPSA) is 66.4 Å². The standard InChI is InChI=1S/C8H8O4S.Na/c1-2-12-7-3-5-8(6-4-7)13(9,10)11;/h2-6H,1H2,(H,9,10,11);/q;+1/p-1. The average Bonchev–Trinajstić information content (AvgIpc) is 2.04. The quantitative estimate of drug-likeness (QED) is 0.341. The normalized spacial score (nSPS) is 10.1. The Kier molecular flexibility index (Phi) is 5.40. The first-order valence-corrected chi connectivity index (χ1v) is 4.78. The van der Waals surface area contributed by atoms with Crippen molar-refractivity contribution in [3.63, 3.8) is 0 Å². The van der Waals surface area contributed by atoms with Gasteiger partial charge in [0.15, 0.2) is 0 Å². The zero-order valence-corrected chi connectivity index (χ0v) is 10.5. The second-order valence-corrected chi connectivity index (χ2v) is 3.59. The van der Waals surface area contributed by atoms with Crippen LogP contribution in [0.3, 0.4) is 0 Å². The molecule has 0 aromatic heterocycles. The number of hydrogen-bond donors (Lipinski definition) is 0. The van der Waals surface area contributed by atoms with Crippen molar-refractivity contribution in [3.8, 4) is 5.75 Å². The molecule has 6 heteroatoms. The molecule has 0 saturated carbocycles. The van der Waals surface area contributed by atoms with Crippen LogP contribution in [0.2, 0.25) is 0 Å². The summed E-state index contributed by atoms with van der Waals surface area (Å²) < 4.78 is 36.3. The molecular weight excluding hydrogens is 215 g/mol. The van der Waals surface area contributed by atoms with Gasteiger partial charge >= 0.3 is 29.6 Å². The Morgan fingerprint density at radius 1 is 1.29 bits per heavy atom. The zero-order chi connectivity index (χ0) is 9.90. The van der Waals surface area contributed by atoms with E-state index in [1.54, 1.807) is 0 Å². The predicted octanol–water partition coefficient (Wildman–Crippen LogP) is -1.88. The van der Waals surface area contributed by atoms with E-state index in [4.69, 9.17) is 4.74 Å². The van der Waals surface area contributed by atoms with Crippen molar-refractivity contribution in [1.29, 1.82) is 0 Å². The molecule has 1 rings (SSSR count). The maximum absolute atomic E-state index is 10.5. The fraction of sp³-hybridized carbons (Fsp3) is 0. The Balaban J connectivity index is 0.00000169. The molecule has 0 amide bonds. The number of ether oxygens (including phenoxy) is 1. The van der Waals surface area contributed by atoms with Crippen molar-refractivity contribution in [2.24, 2.45) is 0 Å². The minimum absolute atomic E-state index is 0. The summed E-state index contributed by atoms with van der Waals surface area (Å²) in [5.41, 5.74) is 0. The van der Waals surface area contributed by atoms with Gasteiger partial charge in [-0.05, 0) is 24.3 Å². The molecule has 0 bridgehead atoms. The molecule has 0 aliphatic rings. The molecule has 0 spiro atoms. The van der Waals surface area contributed by atoms with Crippen LogP contribution < -0.4 is 34.3 Å². The van der Waals surface area contributed by atoms with E-state index in [-0.39, 0.29) is 34.5 Å². The molecular formula is C8H7NaO4S. The van der Waals surface area contributed by atoms with Gasteiger partial charge in [0.05, 0.1) is 11.2 Å². The van der Waals surface area contributed by atoms with E-state index < -0.39 is 10.1 Å². The van der Waals surface area contributed by atoms with Gasteiger partial charge in [-0.1, -0.05) is 6.58 Å². The second-order valence-electron chi connectivity index (χ2n) is 2.21. The first kappa shape index (κ1) is 13.7. The summed E-state index contributed by atoms with van der Waals surface area (Å²) in [6.07, 6.45) is 1.21. The third-order valence-corrected chi connectivity index (χ3v) is 2.18. The molecule has 14 heavy (non-hydrogen) atoms. The summed E-state index contributed by atoms with van der Waals surface area (Å²) in [6, 6.07) is 5.13. The monoisotopic (exact) mass is 222 g/mol. The molecule has 0 unspecified atom stereocenters. The fourth-order valence-corrected chi connectivity index (χ4v) is 1.25. The van der Waals surface area contributed by atoms with Crippen LogP contribution in [-0.4, -0.2) is 13.0 Å². The summed E-state index contributed by atoms with van der Waals surface area (Å²) >= 11 is 0. The molecule has 0 fully saturated rings. The van der Waals surface area contributed by atoms with Crippen molar-refractivity contribution >= 4 is 10.1 Å².